The molecule has 2 aromatic heterocycles. The molecule has 146 valence electrons. The fourth-order valence-corrected chi connectivity index (χ4v) is 4.81. The summed E-state index contributed by atoms with van der Waals surface area (Å²) in [5, 5.41) is 5.34. The van der Waals surface area contributed by atoms with E-state index >= 15 is 0 Å². The first-order valence-corrected chi connectivity index (χ1v) is 11.1. The van der Waals surface area contributed by atoms with Crippen molar-refractivity contribution < 1.29 is 9.53 Å². The Morgan fingerprint density at radius 3 is 2.75 bits per heavy atom. The molecule has 0 radical (unpaired) electrons. The normalized spacial score (nSPS) is 15.0. The number of aryl methyl sites for hydroxylation is 1. The summed E-state index contributed by atoms with van der Waals surface area (Å²) in [6, 6.07) is 11.9. The van der Waals surface area contributed by atoms with Gasteiger partial charge in [0.05, 0.1) is 17.1 Å². The molecule has 1 amide bonds. The SMILES string of the molecule is Cc1cccc(OCC(=O)N2CCN(Cc3nc(-c4cccs4)cs3)CC2)c1. The van der Waals surface area contributed by atoms with Crippen molar-refractivity contribution in [2.45, 2.75) is 13.5 Å². The zero-order chi connectivity index (χ0) is 19.3. The molecular formula is C21H23N3O2S2. The van der Waals surface area contributed by atoms with E-state index in [1.807, 2.05) is 36.1 Å². The number of piperazine rings is 1. The molecule has 5 nitrogen and oxygen atoms in total. The predicted octanol–water partition coefficient (Wildman–Crippen LogP) is 3.90. The van der Waals surface area contributed by atoms with Crippen molar-refractivity contribution in [1.29, 1.82) is 0 Å². The zero-order valence-electron chi connectivity index (χ0n) is 15.8. The molecule has 7 heteroatoms. The number of hydrogen-bond acceptors (Lipinski definition) is 6. The minimum atomic E-state index is 0.0513. The van der Waals surface area contributed by atoms with Gasteiger partial charge in [0.1, 0.15) is 10.8 Å². The van der Waals surface area contributed by atoms with Crippen molar-refractivity contribution in [3.05, 3.63) is 57.7 Å². The number of carbonyl (C=O) groups excluding carboxylic acids is 1. The first kappa shape index (κ1) is 19.1. The maximum Gasteiger partial charge on any atom is 0.260 e. The lowest BCUT2D eigenvalue weighted by Gasteiger charge is -2.34. The molecule has 3 aromatic rings. The van der Waals surface area contributed by atoms with Crippen LogP contribution in [0.25, 0.3) is 10.6 Å². The molecule has 0 aliphatic carbocycles. The molecule has 0 unspecified atom stereocenters. The van der Waals surface area contributed by atoms with Gasteiger partial charge in [-0.1, -0.05) is 18.2 Å². The third kappa shape index (κ3) is 4.79. The van der Waals surface area contributed by atoms with Crippen LogP contribution < -0.4 is 4.74 Å². The van der Waals surface area contributed by atoms with E-state index in [0.29, 0.717) is 0 Å². The van der Waals surface area contributed by atoms with Crippen LogP contribution >= 0.6 is 22.7 Å². The maximum absolute atomic E-state index is 12.4. The third-order valence-electron chi connectivity index (χ3n) is 4.76. The Hall–Kier alpha value is -2.22. The van der Waals surface area contributed by atoms with Crippen molar-refractivity contribution in [3.8, 4) is 16.3 Å². The molecule has 1 fully saturated rings. The van der Waals surface area contributed by atoms with Gasteiger partial charge in [-0.2, -0.15) is 0 Å². The molecule has 28 heavy (non-hydrogen) atoms. The van der Waals surface area contributed by atoms with E-state index in [0.717, 1.165) is 54.7 Å². The lowest BCUT2D eigenvalue weighted by Crippen LogP contribution is -2.49. The van der Waals surface area contributed by atoms with Crippen LogP contribution in [0.15, 0.2) is 47.2 Å². The lowest BCUT2D eigenvalue weighted by atomic mass is 10.2. The van der Waals surface area contributed by atoms with E-state index in [1.165, 1.54) is 4.88 Å². The van der Waals surface area contributed by atoms with Crippen molar-refractivity contribution in [1.82, 2.24) is 14.8 Å². The number of thiazole rings is 1. The Kier molecular flexibility index (Phi) is 6.04. The largest absolute Gasteiger partial charge is 0.484 e. The van der Waals surface area contributed by atoms with Gasteiger partial charge in [-0.05, 0) is 36.1 Å². The molecule has 0 bridgehead atoms. The highest BCUT2D eigenvalue weighted by Crippen LogP contribution is 2.26. The number of carbonyl (C=O) groups is 1. The molecule has 0 saturated carbocycles. The second-order valence-electron chi connectivity index (χ2n) is 6.87. The van der Waals surface area contributed by atoms with E-state index < -0.39 is 0 Å². The van der Waals surface area contributed by atoms with Crippen molar-refractivity contribution >= 4 is 28.6 Å². The zero-order valence-corrected chi connectivity index (χ0v) is 17.5. The van der Waals surface area contributed by atoms with Gasteiger partial charge >= 0.3 is 0 Å². The minimum absolute atomic E-state index is 0.0513. The Balaban J connectivity index is 1.23. The maximum atomic E-state index is 12.4. The van der Waals surface area contributed by atoms with Crippen LogP contribution in [0, 0.1) is 6.92 Å². The Morgan fingerprint density at radius 2 is 2.00 bits per heavy atom. The van der Waals surface area contributed by atoms with Gasteiger partial charge in [-0.15, -0.1) is 22.7 Å². The summed E-state index contributed by atoms with van der Waals surface area (Å²) in [4.78, 5) is 22.7. The molecule has 0 atom stereocenters. The highest BCUT2D eigenvalue weighted by Gasteiger charge is 2.22. The van der Waals surface area contributed by atoms with E-state index in [2.05, 4.69) is 27.8 Å². The lowest BCUT2D eigenvalue weighted by molar-refractivity contribution is -0.135. The molecule has 0 N–H and O–H groups in total. The van der Waals surface area contributed by atoms with Gasteiger partial charge in [0.25, 0.3) is 5.91 Å². The number of thiophene rings is 1. The molecule has 3 heterocycles. The van der Waals surface area contributed by atoms with Crippen LogP contribution in [0.2, 0.25) is 0 Å². The first-order valence-electron chi connectivity index (χ1n) is 9.35. The van der Waals surface area contributed by atoms with Gasteiger partial charge in [0.15, 0.2) is 6.61 Å². The van der Waals surface area contributed by atoms with Crippen molar-refractivity contribution in [2.75, 3.05) is 32.8 Å². The van der Waals surface area contributed by atoms with Crippen molar-refractivity contribution in [2.24, 2.45) is 0 Å². The molecule has 1 saturated heterocycles. The smallest absolute Gasteiger partial charge is 0.260 e. The topological polar surface area (TPSA) is 45.7 Å². The molecular weight excluding hydrogens is 390 g/mol. The first-order chi connectivity index (χ1) is 13.7. The number of ether oxygens (including phenoxy) is 1. The fraction of sp³-hybridized carbons (Fsp3) is 0.333. The average Bonchev–Trinajstić information content (AvgIpc) is 3.38. The summed E-state index contributed by atoms with van der Waals surface area (Å²) < 4.78 is 5.65. The van der Waals surface area contributed by atoms with Crippen LogP contribution in [0.1, 0.15) is 10.6 Å². The van der Waals surface area contributed by atoms with Gasteiger partial charge in [0, 0.05) is 31.6 Å². The Morgan fingerprint density at radius 1 is 1.14 bits per heavy atom. The quantitative estimate of drug-likeness (QED) is 0.615. The summed E-state index contributed by atoms with van der Waals surface area (Å²) >= 11 is 3.43. The second-order valence-corrected chi connectivity index (χ2v) is 8.76. The average molecular weight is 414 g/mol. The fourth-order valence-electron chi connectivity index (χ4n) is 3.21. The monoisotopic (exact) mass is 413 g/mol. The van der Waals surface area contributed by atoms with Crippen LogP contribution in [-0.2, 0) is 11.3 Å². The van der Waals surface area contributed by atoms with E-state index in [9.17, 15) is 4.79 Å². The van der Waals surface area contributed by atoms with Crippen LogP contribution in [0.3, 0.4) is 0 Å². The van der Waals surface area contributed by atoms with Crippen molar-refractivity contribution in [3.63, 3.8) is 0 Å². The molecule has 1 aliphatic heterocycles. The number of rotatable bonds is 6. The standard InChI is InChI=1S/C21H23N3O2S2/c1-16-4-2-5-17(12-16)26-14-21(25)24-9-7-23(8-10-24)13-20-22-18(15-28-20)19-6-3-11-27-19/h2-6,11-12,15H,7-10,13-14H2,1H3. The molecule has 1 aromatic carbocycles. The number of aromatic nitrogens is 1. The van der Waals surface area contributed by atoms with Gasteiger partial charge in [-0.25, -0.2) is 4.98 Å². The number of hydrogen-bond donors (Lipinski definition) is 0. The molecule has 1 aliphatic rings. The summed E-state index contributed by atoms with van der Waals surface area (Å²) in [7, 11) is 0. The number of amides is 1. The van der Waals surface area contributed by atoms with E-state index in [4.69, 9.17) is 9.72 Å². The van der Waals surface area contributed by atoms with Crippen LogP contribution in [0.5, 0.6) is 5.75 Å². The van der Waals surface area contributed by atoms with Crippen LogP contribution in [0.4, 0.5) is 0 Å². The van der Waals surface area contributed by atoms with Gasteiger partial charge < -0.3 is 9.64 Å². The third-order valence-corrected chi connectivity index (χ3v) is 6.49. The Labute approximate surface area is 173 Å². The predicted molar refractivity (Wildman–Crippen MR) is 114 cm³/mol. The summed E-state index contributed by atoms with van der Waals surface area (Å²) in [6.07, 6.45) is 0. The van der Waals surface area contributed by atoms with Gasteiger partial charge in [-0.3, -0.25) is 9.69 Å². The summed E-state index contributed by atoms with van der Waals surface area (Å²) in [5.41, 5.74) is 2.19. The summed E-state index contributed by atoms with van der Waals surface area (Å²) in [6.45, 7) is 6.16. The number of benzene rings is 1. The van der Waals surface area contributed by atoms with Gasteiger partial charge in [0.2, 0.25) is 0 Å². The second kappa shape index (κ2) is 8.86. The van der Waals surface area contributed by atoms with Crippen LogP contribution in [-0.4, -0.2) is 53.5 Å². The number of nitrogens with zero attached hydrogens (tertiary/aromatic N) is 3. The highest BCUT2D eigenvalue weighted by molar-refractivity contribution is 7.14. The molecule has 0 spiro atoms. The summed E-state index contributed by atoms with van der Waals surface area (Å²) in [5.74, 6) is 0.799. The van der Waals surface area contributed by atoms with E-state index in [-0.39, 0.29) is 12.5 Å². The highest BCUT2D eigenvalue weighted by atomic mass is 32.1. The minimum Gasteiger partial charge on any atom is -0.484 e. The Bertz CT molecular complexity index is 915. The van der Waals surface area contributed by atoms with E-state index in [1.54, 1.807) is 22.7 Å². The molecule has 4 rings (SSSR count).